The second-order valence-corrected chi connectivity index (χ2v) is 4.10. The summed E-state index contributed by atoms with van der Waals surface area (Å²) in [4.78, 5) is 2.24. The number of benzene rings is 1. The van der Waals surface area contributed by atoms with Gasteiger partial charge in [0.2, 0.25) is 0 Å². The van der Waals surface area contributed by atoms with E-state index in [1.807, 2.05) is 18.2 Å². The molecule has 0 aliphatic heterocycles. The number of rotatable bonds is 9. The van der Waals surface area contributed by atoms with Gasteiger partial charge in [0.25, 0.3) is 0 Å². The van der Waals surface area contributed by atoms with E-state index in [9.17, 15) is 5.11 Å². The lowest BCUT2D eigenvalue weighted by Gasteiger charge is -2.23. The van der Waals surface area contributed by atoms with Crippen molar-refractivity contribution < 1.29 is 14.6 Å². The first-order valence-corrected chi connectivity index (χ1v) is 6.32. The topological polar surface area (TPSA) is 41.9 Å². The van der Waals surface area contributed by atoms with Gasteiger partial charge in [-0.05, 0) is 19.1 Å². The molecule has 0 spiro atoms. The molecule has 4 nitrogen and oxygen atoms in total. The number of ether oxygens (including phenoxy) is 2. The standard InChI is InChI=1S/C14H23NO3/c1-3-15(13-7-5-4-6-8-13)9-10-18-12-14(16)11-17-2/h4-8,14,16H,3,9-12H2,1-2H3. The molecule has 18 heavy (non-hydrogen) atoms. The molecule has 1 aromatic carbocycles. The zero-order valence-corrected chi connectivity index (χ0v) is 11.2. The summed E-state index contributed by atoms with van der Waals surface area (Å²) in [5.74, 6) is 0. The third kappa shape index (κ3) is 5.49. The summed E-state index contributed by atoms with van der Waals surface area (Å²) in [7, 11) is 1.57. The molecule has 102 valence electrons. The van der Waals surface area contributed by atoms with Crippen LogP contribution in [0.4, 0.5) is 5.69 Å². The van der Waals surface area contributed by atoms with Crippen molar-refractivity contribution in [1.29, 1.82) is 0 Å². The van der Waals surface area contributed by atoms with Gasteiger partial charge >= 0.3 is 0 Å². The fourth-order valence-corrected chi connectivity index (χ4v) is 1.74. The monoisotopic (exact) mass is 253 g/mol. The molecular weight excluding hydrogens is 230 g/mol. The Hall–Kier alpha value is -1.10. The van der Waals surface area contributed by atoms with Crippen molar-refractivity contribution in [3.8, 4) is 0 Å². The lowest BCUT2D eigenvalue weighted by atomic mass is 10.3. The first-order valence-electron chi connectivity index (χ1n) is 6.32. The minimum atomic E-state index is -0.540. The second-order valence-electron chi connectivity index (χ2n) is 4.10. The summed E-state index contributed by atoms with van der Waals surface area (Å²) in [5.41, 5.74) is 1.20. The Labute approximate surface area is 109 Å². The smallest absolute Gasteiger partial charge is 0.101 e. The van der Waals surface area contributed by atoms with E-state index >= 15 is 0 Å². The van der Waals surface area contributed by atoms with Gasteiger partial charge in [0.05, 0.1) is 19.8 Å². The Morgan fingerprint density at radius 1 is 1.22 bits per heavy atom. The number of para-hydroxylation sites is 1. The van der Waals surface area contributed by atoms with Crippen molar-refractivity contribution in [1.82, 2.24) is 0 Å². The van der Waals surface area contributed by atoms with E-state index in [2.05, 4.69) is 24.0 Å². The van der Waals surface area contributed by atoms with Crippen LogP contribution in [0.1, 0.15) is 6.92 Å². The molecule has 0 saturated heterocycles. The normalized spacial score (nSPS) is 12.4. The molecule has 1 atom stereocenters. The van der Waals surface area contributed by atoms with Crippen molar-refractivity contribution >= 4 is 5.69 Å². The summed E-state index contributed by atoms with van der Waals surface area (Å²) >= 11 is 0. The first kappa shape index (κ1) is 15.0. The van der Waals surface area contributed by atoms with E-state index in [4.69, 9.17) is 9.47 Å². The maximum atomic E-state index is 9.43. The summed E-state index contributed by atoms with van der Waals surface area (Å²) < 4.78 is 10.3. The van der Waals surface area contributed by atoms with Crippen LogP contribution in [0.15, 0.2) is 30.3 Å². The molecule has 0 aliphatic rings. The Morgan fingerprint density at radius 3 is 2.56 bits per heavy atom. The first-order chi connectivity index (χ1) is 8.77. The Kier molecular flexibility index (Phi) is 7.41. The predicted octanol–water partition coefficient (Wildman–Crippen LogP) is 1.54. The van der Waals surface area contributed by atoms with Crippen molar-refractivity contribution in [3.05, 3.63) is 30.3 Å². The highest BCUT2D eigenvalue weighted by Gasteiger charge is 2.05. The number of likely N-dealkylation sites (N-methyl/N-ethyl adjacent to an activating group) is 1. The van der Waals surface area contributed by atoms with E-state index in [0.717, 1.165) is 13.1 Å². The molecule has 0 radical (unpaired) electrons. The van der Waals surface area contributed by atoms with Gasteiger partial charge in [-0.25, -0.2) is 0 Å². The Bertz CT molecular complexity index is 305. The molecule has 0 aromatic heterocycles. The fourth-order valence-electron chi connectivity index (χ4n) is 1.74. The maximum absolute atomic E-state index is 9.43. The zero-order chi connectivity index (χ0) is 13.2. The van der Waals surface area contributed by atoms with Gasteiger partial charge in [0, 0.05) is 25.9 Å². The van der Waals surface area contributed by atoms with Crippen LogP contribution in [-0.2, 0) is 9.47 Å². The molecule has 0 fully saturated rings. The van der Waals surface area contributed by atoms with Crippen LogP contribution >= 0.6 is 0 Å². The molecule has 0 saturated carbocycles. The summed E-state index contributed by atoms with van der Waals surface area (Å²) in [5, 5.41) is 9.43. The maximum Gasteiger partial charge on any atom is 0.101 e. The molecule has 0 aliphatic carbocycles. The summed E-state index contributed by atoms with van der Waals surface area (Å²) in [6.07, 6.45) is -0.540. The molecule has 0 heterocycles. The highest BCUT2D eigenvalue weighted by molar-refractivity contribution is 5.45. The molecular formula is C14H23NO3. The van der Waals surface area contributed by atoms with Crippen LogP contribution < -0.4 is 4.90 Å². The predicted molar refractivity (Wildman–Crippen MR) is 73.0 cm³/mol. The second kappa shape index (κ2) is 8.91. The lowest BCUT2D eigenvalue weighted by molar-refractivity contribution is -0.00420. The van der Waals surface area contributed by atoms with Crippen molar-refractivity contribution in [2.45, 2.75) is 13.0 Å². The average molecular weight is 253 g/mol. The van der Waals surface area contributed by atoms with Crippen LogP contribution in [0, 0.1) is 0 Å². The molecule has 1 rings (SSSR count). The van der Waals surface area contributed by atoms with Gasteiger partial charge in [-0.15, -0.1) is 0 Å². The van der Waals surface area contributed by atoms with Crippen molar-refractivity contribution in [2.24, 2.45) is 0 Å². The average Bonchev–Trinajstić information content (AvgIpc) is 2.40. The number of methoxy groups -OCH3 is 1. The Balaban J connectivity index is 2.24. The quantitative estimate of drug-likeness (QED) is 0.678. The van der Waals surface area contributed by atoms with Crippen LogP contribution in [0.3, 0.4) is 0 Å². The van der Waals surface area contributed by atoms with Gasteiger partial charge in [0.15, 0.2) is 0 Å². The van der Waals surface area contributed by atoms with Crippen molar-refractivity contribution in [2.75, 3.05) is 44.9 Å². The van der Waals surface area contributed by atoms with Gasteiger partial charge < -0.3 is 19.5 Å². The zero-order valence-electron chi connectivity index (χ0n) is 11.2. The van der Waals surface area contributed by atoms with Crippen LogP contribution in [0.2, 0.25) is 0 Å². The summed E-state index contributed by atoms with van der Waals surface area (Å²) in [6.45, 7) is 5.11. The molecule has 4 heteroatoms. The van der Waals surface area contributed by atoms with E-state index in [-0.39, 0.29) is 0 Å². The van der Waals surface area contributed by atoms with Crippen LogP contribution in [0.25, 0.3) is 0 Å². The number of aliphatic hydroxyl groups is 1. The third-order valence-electron chi connectivity index (χ3n) is 2.68. The molecule has 0 amide bonds. The van der Waals surface area contributed by atoms with Crippen LogP contribution in [0.5, 0.6) is 0 Å². The van der Waals surface area contributed by atoms with E-state index in [0.29, 0.717) is 19.8 Å². The minimum absolute atomic E-state index is 0.316. The Morgan fingerprint density at radius 2 is 1.94 bits per heavy atom. The largest absolute Gasteiger partial charge is 0.388 e. The van der Waals surface area contributed by atoms with Crippen LogP contribution in [-0.4, -0.2) is 51.2 Å². The molecule has 1 unspecified atom stereocenters. The third-order valence-corrected chi connectivity index (χ3v) is 2.68. The molecule has 1 aromatic rings. The molecule has 1 N–H and O–H groups in total. The van der Waals surface area contributed by atoms with Gasteiger partial charge in [0.1, 0.15) is 6.10 Å². The molecule has 0 bridgehead atoms. The number of nitrogens with zero attached hydrogens (tertiary/aromatic N) is 1. The fraction of sp³-hybridized carbons (Fsp3) is 0.571. The number of anilines is 1. The SMILES string of the molecule is CCN(CCOCC(O)COC)c1ccccc1. The number of aliphatic hydroxyl groups excluding tert-OH is 1. The number of hydrogen-bond donors (Lipinski definition) is 1. The van der Waals surface area contributed by atoms with E-state index in [1.54, 1.807) is 7.11 Å². The lowest BCUT2D eigenvalue weighted by Crippen LogP contribution is -2.29. The highest BCUT2D eigenvalue weighted by Crippen LogP contribution is 2.11. The van der Waals surface area contributed by atoms with Gasteiger partial charge in [-0.3, -0.25) is 0 Å². The number of hydrogen-bond acceptors (Lipinski definition) is 4. The highest BCUT2D eigenvalue weighted by atomic mass is 16.5. The van der Waals surface area contributed by atoms with Gasteiger partial charge in [-0.1, -0.05) is 18.2 Å². The van der Waals surface area contributed by atoms with Gasteiger partial charge in [-0.2, -0.15) is 0 Å². The minimum Gasteiger partial charge on any atom is -0.388 e. The van der Waals surface area contributed by atoms with Crippen molar-refractivity contribution in [3.63, 3.8) is 0 Å². The van der Waals surface area contributed by atoms with E-state index in [1.165, 1.54) is 5.69 Å². The summed E-state index contributed by atoms with van der Waals surface area (Å²) in [6, 6.07) is 10.2. The van der Waals surface area contributed by atoms with E-state index < -0.39 is 6.10 Å².